The van der Waals surface area contributed by atoms with Gasteiger partial charge in [-0.25, -0.2) is 9.97 Å². The molecule has 3 heteroatoms. The van der Waals surface area contributed by atoms with Crippen LogP contribution < -0.4 is 0 Å². The second-order valence-corrected chi connectivity index (χ2v) is 3.84. The summed E-state index contributed by atoms with van der Waals surface area (Å²) in [6.07, 6.45) is 3.34. The lowest BCUT2D eigenvalue weighted by Gasteiger charge is -2.03. The fraction of sp³-hybridized carbons (Fsp3) is 0. The van der Waals surface area contributed by atoms with E-state index in [2.05, 4.69) is 9.97 Å². The molecule has 0 unspecified atom stereocenters. The molecule has 82 valence electrons. The van der Waals surface area contributed by atoms with Gasteiger partial charge in [-0.1, -0.05) is 24.3 Å². The molecule has 0 aliphatic heterocycles. The van der Waals surface area contributed by atoms with Crippen LogP contribution >= 0.6 is 0 Å². The molecule has 0 fully saturated rings. The second-order valence-electron chi connectivity index (χ2n) is 3.84. The molecular formula is C14H10N2O. The van der Waals surface area contributed by atoms with E-state index in [0.717, 1.165) is 22.0 Å². The van der Waals surface area contributed by atoms with E-state index in [1.165, 1.54) is 0 Å². The number of aromatic hydroxyl groups is 1. The van der Waals surface area contributed by atoms with Gasteiger partial charge in [0.2, 0.25) is 0 Å². The van der Waals surface area contributed by atoms with Gasteiger partial charge in [0.15, 0.2) is 0 Å². The Kier molecular flexibility index (Phi) is 2.22. The first-order valence-electron chi connectivity index (χ1n) is 5.32. The highest BCUT2D eigenvalue weighted by Gasteiger charge is 2.00. The number of rotatable bonds is 1. The predicted octanol–water partition coefficient (Wildman–Crippen LogP) is 3.00. The number of aromatic nitrogens is 2. The number of hydrogen-bond acceptors (Lipinski definition) is 3. The highest BCUT2D eigenvalue weighted by atomic mass is 16.3. The summed E-state index contributed by atoms with van der Waals surface area (Å²) in [5, 5.41) is 10.3. The highest BCUT2D eigenvalue weighted by molar-refractivity contribution is 5.83. The highest BCUT2D eigenvalue weighted by Crippen LogP contribution is 2.24. The molecule has 0 aliphatic carbocycles. The summed E-state index contributed by atoms with van der Waals surface area (Å²) in [6, 6.07) is 13.2. The Morgan fingerprint density at radius 3 is 2.47 bits per heavy atom. The third kappa shape index (κ3) is 1.83. The van der Waals surface area contributed by atoms with Crippen LogP contribution in [0, 0.1) is 0 Å². The van der Waals surface area contributed by atoms with Crippen molar-refractivity contribution in [1.29, 1.82) is 0 Å². The molecule has 3 nitrogen and oxygen atoms in total. The second kappa shape index (κ2) is 3.87. The summed E-state index contributed by atoms with van der Waals surface area (Å²) in [7, 11) is 0. The molecule has 0 spiro atoms. The molecule has 0 saturated carbocycles. The van der Waals surface area contributed by atoms with Crippen molar-refractivity contribution in [2.75, 3.05) is 0 Å². The SMILES string of the molecule is Oc1ccc(-c2ccc3cncnc3c2)cc1. The van der Waals surface area contributed by atoms with Crippen LogP contribution in [-0.2, 0) is 0 Å². The van der Waals surface area contributed by atoms with E-state index in [-0.39, 0.29) is 5.75 Å². The van der Waals surface area contributed by atoms with Crippen molar-refractivity contribution in [2.24, 2.45) is 0 Å². The third-order valence-corrected chi connectivity index (χ3v) is 2.71. The molecule has 2 aromatic carbocycles. The third-order valence-electron chi connectivity index (χ3n) is 2.71. The van der Waals surface area contributed by atoms with Crippen molar-refractivity contribution in [1.82, 2.24) is 9.97 Å². The average Bonchev–Trinajstić information content (AvgIpc) is 2.39. The van der Waals surface area contributed by atoms with Crippen LogP contribution in [-0.4, -0.2) is 15.1 Å². The number of nitrogens with zero attached hydrogens (tertiary/aromatic N) is 2. The molecule has 0 bridgehead atoms. The first-order valence-corrected chi connectivity index (χ1v) is 5.32. The van der Waals surface area contributed by atoms with Gasteiger partial charge in [-0.15, -0.1) is 0 Å². The van der Waals surface area contributed by atoms with Gasteiger partial charge >= 0.3 is 0 Å². The van der Waals surface area contributed by atoms with Crippen LogP contribution in [0.4, 0.5) is 0 Å². The number of phenolic OH excluding ortho intramolecular Hbond substituents is 1. The largest absolute Gasteiger partial charge is 0.508 e. The van der Waals surface area contributed by atoms with Gasteiger partial charge in [0, 0.05) is 11.6 Å². The monoisotopic (exact) mass is 222 g/mol. The van der Waals surface area contributed by atoms with Crippen LogP contribution in [0.2, 0.25) is 0 Å². The molecule has 1 N–H and O–H groups in total. The minimum absolute atomic E-state index is 0.275. The molecule has 3 aromatic rings. The van der Waals surface area contributed by atoms with E-state index in [1.807, 2.05) is 30.3 Å². The Labute approximate surface area is 98.4 Å². The van der Waals surface area contributed by atoms with E-state index in [9.17, 15) is 5.11 Å². The summed E-state index contributed by atoms with van der Waals surface area (Å²) in [4.78, 5) is 8.21. The Bertz CT molecular complexity index is 662. The van der Waals surface area contributed by atoms with Crippen LogP contribution in [0.25, 0.3) is 22.0 Å². The van der Waals surface area contributed by atoms with Crippen molar-refractivity contribution in [3.63, 3.8) is 0 Å². The lowest BCUT2D eigenvalue weighted by molar-refractivity contribution is 0.475. The van der Waals surface area contributed by atoms with E-state index >= 15 is 0 Å². The first kappa shape index (κ1) is 9.78. The normalized spacial score (nSPS) is 10.6. The van der Waals surface area contributed by atoms with E-state index in [4.69, 9.17) is 0 Å². The lowest BCUT2D eigenvalue weighted by atomic mass is 10.0. The first-order chi connectivity index (χ1) is 8.33. The average molecular weight is 222 g/mol. The molecule has 17 heavy (non-hydrogen) atoms. The van der Waals surface area contributed by atoms with E-state index < -0.39 is 0 Å². The zero-order valence-corrected chi connectivity index (χ0v) is 9.04. The molecular weight excluding hydrogens is 212 g/mol. The van der Waals surface area contributed by atoms with Crippen LogP contribution in [0.3, 0.4) is 0 Å². The number of hydrogen-bond donors (Lipinski definition) is 1. The maximum Gasteiger partial charge on any atom is 0.116 e. The van der Waals surface area contributed by atoms with Crippen molar-refractivity contribution < 1.29 is 5.11 Å². The van der Waals surface area contributed by atoms with Crippen LogP contribution in [0.5, 0.6) is 5.75 Å². The summed E-state index contributed by atoms with van der Waals surface area (Å²) in [5.74, 6) is 0.275. The van der Waals surface area contributed by atoms with Gasteiger partial charge in [0.1, 0.15) is 12.1 Å². The predicted molar refractivity (Wildman–Crippen MR) is 66.6 cm³/mol. The van der Waals surface area contributed by atoms with Crippen molar-refractivity contribution in [3.05, 3.63) is 55.0 Å². The fourth-order valence-electron chi connectivity index (χ4n) is 1.81. The summed E-state index contributed by atoms with van der Waals surface area (Å²) < 4.78 is 0. The Hall–Kier alpha value is -2.42. The van der Waals surface area contributed by atoms with Gasteiger partial charge in [-0.3, -0.25) is 0 Å². The molecule has 1 heterocycles. The standard InChI is InChI=1S/C14H10N2O/c17-13-5-3-10(4-6-13)11-1-2-12-8-15-9-16-14(12)7-11/h1-9,17H. The molecule has 0 aliphatic rings. The van der Waals surface area contributed by atoms with Crippen molar-refractivity contribution >= 4 is 10.9 Å². The van der Waals surface area contributed by atoms with Crippen molar-refractivity contribution in [2.45, 2.75) is 0 Å². The Balaban J connectivity index is 2.14. The molecule has 0 radical (unpaired) electrons. The maximum atomic E-state index is 9.25. The fourth-order valence-corrected chi connectivity index (χ4v) is 1.81. The smallest absolute Gasteiger partial charge is 0.116 e. The molecule has 1 aromatic heterocycles. The molecule has 0 atom stereocenters. The number of phenols is 1. The van der Waals surface area contributed by atoms with Crippen molar-refractivity contribution in [3.8, 4) is 16.9 Å². The minimum atomic E-state index is 0.275. The quantitative estimate of drug-likeness (QED) is 0.688. The summed E-state index contributed by atoms with van der Waals surface area (Å²) in [6.45, 7) is 0. The molecule has 0 saturated heterocycles. The topological polar surface area (TPSA) is 46.0 Å². The number of fused-ring (bicyclic) bond motifs is 1. The summed E-state index contributed by atoms with van der Waals surface area (Å²) in [5.41, 5.74) is 3.06. The van der Waals surface area contributed by atoms with Gasteiger partial charge in [-0.2, -0.15) is 0 Å². The van der Waals surface area contributed by atoms with Gasteiger partial charge in [-0.05, 0) is 29.3 Å². The zero-order valence-electron chi connectivity index (χ0n) is 9.04. The lowest BCUT2D eigenvalue weighted by Crippen LogP contribution is -1.83. The molecule has 0 amide bonds. The van der Waals surface area contributed by atoms with Gasteiger partial charge in [0.05, 0.1) is 5.52 Å². The zero-order chi connectivity index (χ0) is 11.7. The Morgan fingerprint density at radius 1 is 0.882 bits per heavy atom. The minimum Gasteiger partial charge on any atom is -0.508 e. The maximum absolute atomic E-state index is 9.25. The molecule has 3 rings (SSSR count). The van der Waals surface area contributed by atoms with Gasteiger partial charge in [0.25, 0.3) is 0 Å². The van der Waals surface area contributed by atoms with Gasteiger partial charge < -0.3 is 5.11 Å². The Morgan fingerprint density at radius 2 is 1.65 bits per heavy atom. The number of benzene rings is 2. The van der Waals surface area contributed by atoms with Crippen LogP contribution in [0.1, 0.15) is 0 Å². The van der Waals surface area contributed by atoms with Crippen LogP contribution in [0.15, 0.2) is 55.0 Å². The van der Waals surface area contributed by atoms with E-state index in [0.29, 0.717) is 0 Å². The summed E-state index contributed by atoms with van der Waals surface area (Å²) >= 11 is 0. The van der Waals surface area contributed by atoms with E-state index in [1.54, 1.807) is 24.7 Å².